The fourth-order valence-corrected chi connectivity index (χ4v) is 3.10. The Bertz CT molecular complexity index is 722. The molecule has 1 amide bonds. The standard InChI is InChI=1S/C7H9N7O3S3/c1-14-3-9-12-6(14)18-2-4(15)10-5-11-13-7(19-5)20(8,16)17/h3H,2H2,1H3,(H2,8,16,17)(H,10,11,15). The number of amides is 1. The van der Waals surface area contributed by atoms with Crippen LogP contribution < -0.4 is 10.5 Å². The highest BCUT2D eigenvalue weighted by molar-refractivity contribution is 7.99. The molecule has 0 spiro atoms. The Morgan fingerprint density at radius 1 is 1.50 bits per heavy atom. The zero-order chi connectivity index (χ0) is 14.8. The third-order valence-electron chi connectivity index (χ3n) is 1.90. The summed E-state index contributed by atoms with van der Waals surface area (Å²) in [5, 5.41) is 22.3. The van der Waals surface area contributed by atoms with Crippen molar-refractivity contribution in [3.05, 3.63) is 6.33 Å². The number of hydrogen-bond acceptors (Lipinski definition) is 9. The molecule has 0 saturated carbocycles. The van der Waals surface area contributed by atoms with Crippen LogP contribution >= 0.6 is 23.1 Å². The molecule has 2 heterocycles. The van der Waals surface area contributed by atoms with Crippen LogP contribution in [0, 0.1) is 0 Å². The van der Waals surface area contributed by atoms with E-state index in [4.69, 9.17) is 5.14 Å². The van der Waals surface area contributed by atoms with Gasteiger partial charge in [-0.15, -0.1) is 20.4 Å². The summed E-state index contributed by atoms with van der Waals surface area (Å²) >= 11 is 1.87. The number of sulfonamides is 1. The van der Waals surface area contributed by atoms with Crippen LogP contribution in [0.2, 0.25) is 0 Å². The molecule has 0 saturated heterocycles. The number of primary sulfonamides is 1. The molecule has 0 aliphatic carbocycles. The number of nitrogens with one attached hydrogen (secondary N) is 1. The van der Waals surface area contributed by atoms with Gasteiger partial charge in [0.05, 0.1) is 5.75 Å². The van der Waals surface area contributed by atoms with Crippen molar-refractivity contribution in [1.82, 2.24) is 25.0 Å². The Labute approximate surface area is 121 Å². The molecule has 0 aliphatic rings. The quantitative estimate of drug-likeness (QED) is 0.525. The van der Waals surface area contributed by atoms with E-state index in [0.717, 1.165) is 0 Å². The average molecular weight is 335 g/mol. The summed E-state index contributed by atoms with van der Waals surface area (Å²) in [4.78, 5) is 11.6. The van der Waals surface area contributed by atoms with Gasteiger partial charge in [0.25, 0.3) is 10.0 Å². The van der Waals surface area contributed by atoms with E-state index >= 15 is 0 Å². The van der Waals surface area contributed by atoms with Gasteiger partial charge in [-0.1, -0.05) is 23.1 Å². The van der Waals surface area contributed by atoms with Gasteiger partial charge < -0.3 is 4.57 Å². The summed E-state index contributed by atoms with van der Waals surface area (Å²) in [7, 11) is -2.15. The van der Waals surface area contributed by atoms with Gasteiger partial charge in [0.2, 0.25) is 15.4 Å². The van der Waals surface area contributed by atoms with Crippen molar-refractivity contribution < 1.29 is 13.2 Å². The normalized spacial score (nSPS) is 11.5. The first-order valence-corrected chi connectivity index (χ1v) is 8.34. The highest BCUT2D eigenvalue weighted by Crippen LogP contribution is 2.19. The van der Waals surface area contributed by atoms with Gasteiger partial charge >= 0.3 is 0 Å². The predicted molar refractivity (Wildman–Crippen MR) is 71.6 cm³/mol. The molecule has 0 aliphatic heterocycles. The molecule has 0 fully saturated rings. The van der Waals surface area contributed by atoms with Gasteiger partial charge in [-0.2, -0.15) is 0 Å². The van der Waals surface area contributed by atoms with Gasteiger partial charge in [-0.25, -0.2) is 13.6 Å². The van der Waals surface area contributed by atoms with Crippen LogP contribution in [0.15, 0.2) is 15.8 Å². The van der Waals surface area contributed by atoms with Gasteiger partial charge in [0.15, 0.2) is 5.16 Å². The molecule has 2 rings (SSSR count). The molecule has 0 radical (unpaired) electrons. The van der Waals surface area contributed by atoms with Crippen LogP contribution in [-0.4, -0.2) is 45.0 Å². The van der Waals surface area contributed by atoms with Crippen LogP contribution in [0.25, 0.3) is 0 Å². The molecule has 10 nitrogen and oxygen atoms in total. The minimum atomic E-state index is -3.90. The lowest BCUT2D eigenvalue weighted by atomic mass is 10.7. The molecular formula is C7H9N7O3S3. The largest absolute Gasteiger partial charge is 0.312 e. The number of carbonyl (C=O) groups is 1. The van der Waals surface area contributed by atoms with E-state index in [-0.39, 0.29) is 21.1 Å². The molecule has 0 unspecified atom stereocenters. The average Bonchev–Trinajstić information content (AvgIpc) is 2.95. The Kier molecular flexibility index (Phi) is 4.32. The van der Waals surface area contributed by atoms with Crippen LogP contribution in [0.3, 0.4) is 0 Å². The molecular weight excluding hydrogens is 326 g/mol. The summed E-state index contributed by atoms with van der Waals surface area (Å²) in [6.45, 7) is 0. The maximum Gasteiger partial charge on any atom is 0.267 e. The van der Waals surface area contributed by atoms with Crippen molar-refractivity contribution in [3.8, 4) is 0 Å². The number of aryl methyl sites for hydroxylation is 1. The van der Waals surface area contributed by atoms with E-state index in [9.17, 15) is 13.2 Å². The summed E-state index contributed by atoms with van der Waals surface area (Å²) in [6.07, 6.45) is 1.52. The van der Waals surface area contributed by atoms with E-state index in [2.05, 4.69) is 25.7 Å². The molecule has 0 bridgehead atoms. The van der Waals surface area contributed by atoms with E-state index in [1.165, 1.54) is 18.1 Å². The van der Waals surface area contributed by atoms with E-state index in [0.29, 0.717) is 16.5 Å². The lowest BCUT2D eigenvalue weighted by Crippen LogP contribution is -2.14. The Hall–Kier alpha value is -1.57. The van der Waals surface area contributed by atoms with Crippen LogP contribution in [0.4, 0.5) is 5.13 Å². The number of hydrogen-bond donors (Lipinski definition) is 2. The number of nitrogens with zero attached hydrogens (tertiary/aromatic N) is 5. The van der Waals surface area contributed by atoms with Gasteiger partial charge in [-0.05, 0) is 0 Å². The number of carbonyl (C=O) groups excluding carboxylic acids is 1. The summed E-state index contributed by atoms with van der Waals surface area (Å²) in [6, 6.07) is 0. The highest BCUT2D eigenvalue weighted by Gasteiger charge is 2.16. The van der Waals surface area contributed by atoms with E-state index < -0.39 is 10.0 Å². The second-order valence-electron chi connectivity index (χ2n) is 3.48. The highest BCUT2D eigenvalue weighted by atomic mass is 32.2. The van der Waals surface area contributed by atoms with Gasteiger partial charge in [0.1, 0.15) is 6.33 Å². The second kappa shape index (κ2) is 5.82. The van der Waals surface area contributed by atoms with Crippen LogP contribution in [0.1, 0.15) is 0 Å². The minimum Gasteiger partial charge on any atom is -0.312 e. The fourth-order valence-electron chi connectivity index (χ4n) is 1.06. The zero-order valence-corrected chi connectivity index (χ0v) is 12.5. The molecule has 2 aromatic rings. The van der Waals surface area contributed by atoms with Crippen molar-refractivity contribution in [2.45, 2.75) is 9.50 Å². The fraction of sp³-hybridized carbons (Fsp3) is 0.286. The Morgan fingerprint density at radius 2 is 2.25 bits per heavy atom. The summed E-state index contributed by atoms with van der Waals surface area (Å²) in [5.41, 5.74) is 0. The van der Waals surface area contributed by atoms with Crippen molar-refractivity contribution in [1.29, 1.82) is 0 Å². The van der Waals surface area contributed by atoms with Gasteiger partial charge in [0, 0.05) is 7.05 Å². The maximum absolute atomic E-state index is 11.6. The number of nitrogens with two attached hydrogens (primary N) is 1. The van der Waals surface area contributed by atoms with Crippen molar-refractivity contribution in [3.63, 3.8) is 0 Å². The van der Waals surface area contributed by atoms with Crippen molar-refractivity contribution in [2.75, 3.05) is 11.1 Å². The number of anilines is 1. The van der Waals surface area contributed by atoms with Crippen molar-refractivity contribution >= 4 is 44.2 Å². The topological polar surface area (TPSA) is 146 Å². The Morgan fingerprint density at radius 3 is 2.80 bits per heavy atom. The summed E-state index contributed by atoms with van der Waals surface area (Å²) in [5.74, 6) is -0.285. The molecule has 13 heteroatoms. The molecule has 3 N–H and O–H groups in total. The van der Waals surface area contributed by atoms with Crippen molar-refractivity contribution in [2.24, 2.45) is 12.2 Å². The molecule has 0 aromatic carbocycles. The number of rotatable bonds is 5. The third-order valence-corrected chi connectivity index (χ3v) is 5.08. The number of aromatic nitrogens is 5. The zero-order valence-electron chi connectivity index (χ0n) is 10.0. The smallest absolute Gasteiger partial charge is 0.267 e. The molecule has 0 atom stereocenters. The second-order valence-corrected chi connectivity index (χ2v) is 7.13. The Balaban J connectivity index is 1.92. The first-order chi connectivity index (χ1) is 9.36. The first kappa shape index (κ1) is 14.8. The molecule has 108 valence electrons. The maximum atomic E-state index is 11.6. The summed E-state index contributed by atoms with van der Waals surface area (Å²) < 4.78 is 23.3. The SMILES string of the molecule is Cn1cnnc1SCC(=O)Nc1nnc(S(N)(=O)=O)s1. The predicted octanol–water partition coefficient (Wildman–Crippen LogP) is -0.955. The van der Waals surface area contributed by atoms with Crippen LogP contribution in [-0.2, 0) is 21.9 Å². The van der Waals surface area contributed by atoms with E-state index in [1.807, 2.05) is 0 Å². The molecule has 20 heavy (non-hydrogen) atoms. The van der Waals surface area contributed by atoms with E-state index in [1.54, 1.807) is 11.6 Å². The lowest BCUT2D eigenvalue weighted by Gasteiger charge is -2.00. The number of thioether (sulfide) groups is 1. The third kappa shape index (κ3) is 3.72. The first-order valence-electron chi connectivity index (χ1n) is 4.99. The monoisotopic (exact) mass is 335 g/mol. The van der Waals surface area contributed by atoms with Crippen LogP contribution in [0.5, 0.6) is 0 Å². The minimum absolute atomic E-state index is 0.0672. The molecule has 2 aromatic heterocycles. The lowest BCUT2D eigenvalue weighted by molar-refractivity contribution is -0.113. The van der Waals surface area contributed by atoms with Gasteiger partial charge in [-0.3, -0.25) is 10.1 Å².